The first kappa shape index (κ1) is 13.9. The third kappa shape index (κ3) is 2.72. The average Bonchev–Trinajstić information content (AvgIpc) is 2.95. The Balaban J connectivity index is 1.99. The molecule has 0 saturated carbocycles. The predicted molar refractivity (Wildman–Crippen MR) is 86.3 cm³/mol. The Bertz CT molecular complexity index is 764. The summed E-state index contributed by atoms with van der Waals surface area (Å²) in [6.07, 6.45) is 3.06. The Hall–Kier alpha value is -2.07. The minimum Gasteiger partial charge on any atom is -0.341 e. The predicted octanol–water partition coefficient (Wildman–Crippen LogP) is 2.62. The quantitative estimate of drug-likeness (QED) is 0.799. The second kappa shape index (κ2) is 5.37. The summed E-state index contributed by atoms with van der Waals surface area (Å²) in [6.45, 7) is 4.91. The summed E-state index contributed by atoms with van der Waals surface area (Å²) in [5.74, 6) is 0. The number of aryl methyl sites for hydroxylation is 2. The van der Waals surface area contributed by atoms with Gasteiger partial charge in [0, 0.05) is 30.2 Å². The molecule has 0 aliphatic heterocycles. The van der Waals surface area contributed by atoms with Gasteiger partial charge in [0.05, 0.1) is 17.9 Å². The maximum absolute atomic E-state index is 5.95. The molecule has 1 atom stereocenters. The highest BCUT2D eigenvalue weighted by Gasteiger charge is 2.09. The minimum absolute atomic E-state index is 0.179. The smallest absolute Gasteiger partial charge is 0.0645 e. The molecule has 0 aliphatic carbocycles. The lowest BCUT2D eigenvalue weighted by Crippen LogP contribution is -2.17. The Labute approximate surface area is 125 Å². The number of nitrogens with zero attached hydrogens (tertiary/aromatic N) is 3. The van der Waals surface area contributed by atoms with E-state index in [1.807, 2.05) is 25.6 Å². The standard InChI is InChI=1S/C17H22N4/c1-12(18)9-14-5-4-6-17-16(14)7-8-21(17)11-15-10-13(2)19-20(15)3/h4-8,10,12H,9,11,18H2,1-3H3. The van der Waals surface area contributed by atoms with Crippen molar-refractivity contribution in [2.45, 2.75) is 32.9 Å². The van der Waals surface area contributed by atoms with Crippen LogP contribution >= 0.6 is 0 Å². The van der Waals surface area contributed by atoms with Crippen LogP contribution in [0.15, 0.2) is 36.5 Å². The van der Waals surface area contributed by atoms with Crippen molar-refractivity contribution in [3.05, 3.63) is 53.5 Å². The number of nitrogens with two attached hydrogens (primary N) is 1. The highest BCUT2D eigenvalue weighted by molar-refractivity contribution is 5.83. The van der Waals surface area contributed by atoms with Crippen molar-refractivity contribution in [2.75, 3.05) is 0 Å². The molecule has 2 heterocycles. The fourth-order valence-corrected chi connectivity index (χ4v) is 2.94. The van der Waals surface area contributed by atoms with E-state index < -0.39 is 0 Å². The third-order valence-electron chi connectivity index (χ3n) is 3.88. The third-order valence-corrected chi connectivity index (χ3v) is 3.88. The number of hydrogen-bond donors (Lipinski definition) is 1. The number of rotatable bonds is 4. The largest absolute Gasteiger partial charge is 0.341 e. The molecule has 3 aromatic rings. The molecule has 1 unspecified atom stereocenters. The van der Waals surface area contributed by atoms with Gasteiger partial charge in [-0.1, -0.05) is 12.1 Å². The molecule has 2 N–H and O–H groups in total. The second-order valence-corrected chi connectivity index (χ2v) is 5.88. The zero-order chi connectivity index (χ0) is 15.0. The lowest BCUT2D eigenvalue weighted by Gasteiger charge is -2.09. The molecule has 0 amide bonds. The summed E-state index contributed by atoms with van der Waals surface area (Å²) in [5, 5.41) is 5.72. The summed E-state index contributed by atoms with van der Waals surface area (Å²) in [6, 6.07) is 11.0. The van der Waals surface area contributed by atoms with Crippen molar-refractivity contribution in [3.8, 4) is 0 Å². The maximum Gasteiger partial charge on any atom is 0.0645 e. The van der Waals surface area contributed by atoms with Crippen molar-refractivity contribution in [2.24, 2.45) is 12.8 Å². The van der Waals surface area contributed by atoms with Gasteiger partial charge in [0.25, 0.3) is 0 Å². The summed E-state index contributed by atoms with van der Waals surface area (Å²) in [5.41, 5.74) is 10.8. The number of aromatic nitrogens is 3. The zero-order valence-electron chi connectivity index (χ0n) is 12.9. The Morgan fingerprint density at radius 1 is 1.29 bits per heavy atom. The van der Waals surface area contributed by atoms with Crippen molar-refractivity contribution >= 4 is 10.9 Å². The molecular weight excluding hydrogens is 260 g/mol. The normalized spacial score (nSPS) is 13.0. The Morgan fingerprint density at radius 2 is 2.10 bits per heavy atom. The monoisotopic (exact) mass is 282 g/mol. The van der Waals surface area contributed by atoms with E-state index in [0.29, 0.717) is 0 Å². The fraction of sp³-hybridized carbons (Fsp3) is 0.353. The molecule has 4 nitrogen and oxygen atoms in total. The molecule has 4 heteroatoms. The van der Waals surface area contributed by atoms with Crippen LogP contribution in [-0.4, -0.2) is 20.4 Å². The van der Waals surface area contributed by atoms with Gasteiger partial charge >= 0.3 is 0 Å². The molecule has 21 heavy (non-hydrogen) atoms. The summed E-state index contributed by atoms with van der Waals surface area (Å²) in [4.78, 5) is 0. The topological polar surface area (TPSA) is 48.8 Å². The molecule has 110 valence electrons. The van der Waals surface area contributed by atoms with Gasteiger partial charge in [0.2, 0.25) is 0 Å². The van der Waals surface area contributed by atoms with Crippen LogP contribution in [0.5, 0.6) is 0 Å². The van der Waals surface area contributed by atoms with Crippen molar-refractivity contribution in [1.29, 1.82) is 0 Å². The van der Waals surface area contributed by atoms with Crippen LogP contribution in [0.3, 0.4) is 0 Å². The zero-order valence-corrected chi connectivity index (χ0v) is 12.9. The van der Waals surface area contributed by atoms with Crippen LogP contribution < -0.4 is 5.73 Å². The number of fused-ring (bicyclic) bond motifs is 1. The van der Waals surface area contributed by atoms with Gasteiger partial charge < -0.3 is 10.3 Å². The summed E-state index contributed by atoms with van der Waals surface area (Å²) in [7, 11) is 2.00. The molecular formula is C17H22N4. The molecule has 1 aromatic carbocycles. The highest BCUT2D eigenvalue weighted by atomic mass is 15.3. The molecule has 0 fully saturated rings. The number of hydrogen-bond acceptors (Lipinski definition) is 2. The van der Waals surface area contributed by atoms with Crippen LogP contribution in [0.4, 0.5) is 0 Å². The minimum atomic E-state index is 0.179. The summed E-state index contributed by atoms with van der Waals surface area (Å²) < 4.78 is 4.23. The Kier molecular flexibility index (Phi) is 3.55. The van der Waals surface area contributed by atoms with Gasteiger partial charge in [0.1, 0.15) is 0 Å². The average molecular weight is 282 g/mol. The Morgan fingerprint density at radius 3 is 2.76 bits per heavy atom. The first-order valence-electron chi connectivity index (χ1n) is 7.36. The van der Waals surface area contributed by atoms with Crippen LogP contribution in [0, 0.1) is 6.92 Å². The van der Waals surface area contributed by atoms with E-state index in [1.54, 1.807) is 0 Å². The molecule has 0 radical (unpaired) electrons. The molecule has 0 saturated heterocycles. The molecule has 0 spiro atoms. The second-order valence-electron chi connectivity index (χ2n) is 5.88. The van der Waals surface area contributed by atoms with E-state index in [9.17, 15) is 0 Å². The number of benzene rings is 1. The van der Waals surface area contributed by atoms with E-state index in [1.165, 1.54) is 22.2 Å². The molecule has 2 aromatic heterocycles. The maximum atomic E-state index is 5.95. The lowest BCUT2D eigenvalue weighted by molar-refractivity contribution is 0.673. The van der Waals surface area contributed by atoms with Crippen molar-refractivity contribution in [3.63, 3.8) is 0 Å². The highest BCUT2D eigenvalue weighted by Crippen LogP contribution is 2.22. The van der Waals surface area contributed by atoms with Crippen LogP contribution in [0.1, 0.15) is 23.9 Å². The summed E-state index contributed by atoms with van der Waals surface area (Å²) >= 11 is 0. The molecule has 3 rings (SSSR count). The van der Waals surface area contributed by atoms with E-state index in [2.05, 4.69) is 46.2 Å². The van der Waals surface area contributed by atoms with E-state index in [0.717, 1.165) is 18.7 Å². The van der Waals surface area contributed by atoms with Crippen molar-refractivity contribution in [1.82, 2.24) is 14.3 Å². The molecule has 0 aliphatic rings. The van der Waals surface area contributed by atoms with Gasteiger partial charge in [-0.15, -0.1) is 0 Å². The first-order valence-corrected chi connectivity index (χ1v) is 7.36. The molecule has 0 bridgehead atoms. The van der Waals surface area contributed by atoms with Gasteiger partial charge in [-0.05, 0) is 44.0 Å². The van der Waals surface area contributed by atoms with Crippen molar-refractivity contribution < 1.29 is 0 Å². The van der Waals surface area contributed by atoms with E-state index in [-0.39, 0.29) is 6.04 Å². The van der Waals surface area contributed by atoms with E-state index in [4.69, 9.17) is 5.73 Å². The fourth-order valence-electron chi connectivity index (χ4n) is 2.94. The van der Waals surface area contributed by atoms with Crippen LogP contribution in [-0.2, 0) is 20.0 Å². The van der Waals surface area contributed by atoms with Gasteiger partial charge in [-0.25, -0.2) is 0 Å². The van der Waals surface area contributed by atoms with E-state index >= 15 is 0 Å². The van der Waals surface area contributed by atoms with Gasteiger partial charge in [0.15, 0.2) is 0 Å². The van der Waals surface area contributed by atoms with Gasteiger partial charge in [-0.3, -0.25) is 4.68 Å². The lowest BCUT2D eigenvalue weighted by atomic mass is 10.0. The van der Waals surface area contributed by atoms with Crippen LogP contribution in [0.2, 0.25) is 0 Å². The first-order chi connectivity index (χ1) is 10.0. The SMILES string of the molecule is Cc1cc(Cn2ccc3c(CC(C)N)cccc32)n(C)n1. The van der Waals surface area contributed by atoms with Crippen LogP contribution in [0.25, 0.3) is 10.9 Å². The van der Waals surface area contributed by atoms with Gasteiger partial charge in [-0.2, -0.15) is 5.10 Å².